The van der Waals surface area contributed by atoms with Crippen molar-refractivity contribution in [3.05, 3.63) is 0 Å². The summed E-state index contributed by atoms with van der Waals surface area (Å²) in [6, 6.07) is 0. The average Bonchev–Trinajstić information content (AvgIpc) is 2.45. The lowest BCUT2D eigenvalue weighted by atomic mass is 9.82. The van der Waals surface area contributed by atoms with Crippen molar-refractivity contribution in [3.63, 3.8) is 0 Å². The maximum atomic E-state index is 11.6. The molecular weight excluding hydrogens is 290 g/mol. The third kappa shape index (κ3) is 6.78. The van der Waals surface area contributed by atoms with Gasteiger partial charge in [-0.1, -0.05) is 6.92 Å². The maximum absolute atomic E-state index is 11.6. The summed E-state index contributed by atoms with van der Waals surface area (Å²) >= 11 is 0. The van der Waals surface area contributed by atoms with E-state index in [0.717, 1.165) is 12.8 Å². The van der Waals surface area contributed by atoms with E-state index in [1.165, 1.54) is 6.92 Å². The second kappa shape index (κ2) is 9.27. The first kappa shape index (κ1) is 18.3. The van der Waals surface area contributed by atoms with Crippen LogP contribution in [0, 0.1) is 11.8 Å². The molecule has 0 aromatic rings. The molecule has 0 aromatic carbocycles. The van der Waals surface area contributed by atoms with E-state index in [9.17, 15) is 14.4 Å². The molecule has 0 aromatic heterocycles. The first-order chi connectivity index (χ1) is 10.4. The van der Waals surface area contributed by atoms with Gasteiger partial charge >= 0.3 is 18.0 Å². The largest absolute Gasteiger partial charge is 0.481 e. The Kier molecular flexibility index (Phi) is 7.70. The van der Waals surface area contributed by atoms with Crippen molar-refractivity contribution in [1.29, 1.82) is 0 Å². The second-order valence-corrected chi connectivity index (χ2v) is 5.65. The van der Waals surface area contributed by atoms with Gasteiger partial charge in [0, 0.05) is 19.9 Å². The number of hydrogen-bond acceptors (Lipinski definition) is 5. The van der Waals surface area contributed by atoms with Crippen molar-refractivity contribution in [3.8, 4) is 0 Å². The van der Waals surface area contributed by atoms with Crippen LogP contribution in [0.1, 0.15) is 52.4 Å². The highest BCUT2D eigenvalue weighted by Gasteiger charge is 2.26. The Morgan fingerprint density at radius 1 is 1.18 bits per heavy atom. The van der Waals surface area contributed by atoms with Crippen LogP contribution in [0.4, 0.5) is 4.79 Å². The van der Waals surface area contributed by atoms with Crippen LogP contribution in [-0.2, 0) is 19.1 Å². The summed E-state index contributed by atoms with van der Waals surface area (Å²) in [6.45, 7) is 3.80. The Morgan fingerprint density at radius 2 is 1.82 bits per heavy atom. The number of esters is 1. The number of aliphatic carboxylic acids is 1. The van der Waals surface area contributed by atoms with Gasteiger partial charge in [-0.2, -0.15) is 0 Å². The van der Waals surface area contributed by atoms with E-state index in [1.807, 2.05) is 6.92 Å². The molecule has 0 radical (unpaired) electrons. The summed E-state index contributed by atoms with van der Waals surface area (Å²) in [6.07, 6.45) is 2.26. The molecule has 0 aliphatic heterocycles. The standard InChI is InChI=1S/C15H25NO6/c1-3-4-13(17)21-10(2)22-15(20)16-9-11-5-7-12(8-6-11)14(18)19/h10-12H,3-9H2,1-2H3,(H,16,20)(H,18,19). The van der Waals surface area contributed by atoms with Crippen molar-refractivity contribution >= 4 is 18.0 Å². The molecule has 1 aliphatic carbocycles. The molecule has 7 nitrogen and oxygen atoms in total. The summed E-state index contributed by atoms with van der Waals surface area (Å²) in [5.74, 6) is -1.13. The Hall–Kier alpha value is -1.79. The molecular formula is C15H25NO6. The minimum Gasteiger partial charge on any atom is -0.481 e. The summed E-state index contributed by atoms with van der Waals surface area (Å²) in [4.78, 5) is 33.7. The Bertz CT molecular complexity index is 389. The summed E-state index contributed by atoms with van der Waals surface area (Å²) in [7, 11) is 0. The van der Waals surface area contributed by atoms with Crippen LogP contribution in [-0.4, -0.2) is 36.0 Å². The van der Waals surface area contributed by atoms with Crippen LogP contribution in [0.25, 0.3) is 0 Å². The van der Waals surface area contributed by atoms with Crippen LogP contribution < -0.4 is 5.32 Å². The van der Waals surface area contributed by atoms with E-state index in [-0.39, 0.29) is 11.8 Å². The molecule has 7 heteroatoms. The maximum Gasteiger partial charge on any atom is 0.410 e. The molecule has 1 fully saturated rings. The molecule has 0 bridgehead atoms. The molecule has 1 amide bonds. The number of carbonyl (C=O) groups is 3. The van der Waals surface area contributed by atoms with Gasteiger partial charge < -0.3 is 19.9 Å². The summed E-state index contributed by atoms with van der Waals surface area (Å²) in [5.41, 5.74) is 0. The van der Waals surface area contributed by atoms with E-state index in [1.54, 1.807) is 0 Å². The molecule has 1 saturated carbocycles. The molecule has 1 rings (SSSR count). The molecule has 0 spiro atoms. The first-order valence-corrected chi connectivity index (χ1v) is 7.79. The van der Waals surface area contributed by atoms with Crippen molar-refractivity contribution < 1.29 is 29.0 Å². The number of carbonyl (C=O) groups excluding carboxylic acids is 2. The van der Waals surface area contributed by atoms with E-state index >= 15 is 0 Å². The van der Waals surface area contributed by atoms with E-state index in [4.69, 9.17) is 14.6 Å². The molecule has 1 atom stereocenters. The molecule has 1 aliphatic rings. The number of alkyl carbamates (subject to hydrolysis) is 1. The van der Waals surface area contributed by atoms with Crippen LogP contribution in [0.15, 0.2) is 0 Å². The molecule has 0 saturated heterocycles. The lowest BCUT2D eigenvalue weighted by molar-refractivity contribution is -0.164. The van der Waals surface area contributed by atoms with Gasteiger partial charge in [-0.3, -0.25) is 9.59 Å². The van der Waals surface area contributed by atoms with Crippen molar-refractivity contribution in [1.82, 2.24) is 5.32 Å². The zero-order valence-electron chi connectivity index (χ0n) is 13.2. The predicted molar refractivity (Wildman–Crippen MR) is 78.0 cm³/mol. The molecule has 22 heavy (non-hydrogen) atoms. The van der Waals surface area contributed by atoms with E-state index < -0.39 is 24.3 Å². The third-order valence-electron chi connectivity index (χ3n) is 3.76. The zero-order chi connectivity index (χ0) is 16.5. The highest BCUT2D eigenvalue weighted by atomic mass is 16.7. The zero-order valence-corrected chi connectivity index (χ0v) is 13.2. The Labute approximate surface area is 130 Å². The minimum absolute atomic E-state index is 0.263. The lowest BCUT2D eigenvalue weighted by Crippen LogP contribution is -2.35. The number of carboxylic acid groups (broad SMARTS) is 1. The normalized spacial score (nSPS) is 22.5. The average molecular weight is 315 g/mol. The monoisotopic (exact) mass is 315 g/mol. The topological polar surface area (TPSA) is 102 Å². The predicted octanol–water partition coefficient (Wildman–Crippen LogP) is 2.29. The van der Waals surface area contributed by atoms with Crippen LogP contribution >= 0.6 is 0 Å². The highest BCUT2D eigenvalue weighted by molar-refractivity contribution is 5.70. The van der Waals surface area contributed by atoms with Gasteiger partial charge in [0.05, 0.1) is 5.92 Å². The molecule has 0 heterocycles. The summed E-state index contributed by atoms with van der Waals surface area (Å²) < 4.78 is 9.84. The van der Waals surface area contributed by atoms with Gasteiger partial charge in [0.15, 0.2) is 0 Å². The van der Waals surface area contributed by atoms with Gasteiger partial charge in [-0.15, -0.1) is 0 Å². The number of carboxylic acids is 1. The molecule has 2 N–H and O–H groups in total. The van der Waals surface area contributed by atoms with Gasteiger partial charge in [-0.05, 0) is 38.0 Å². The van der Waals surface area contributed by atoms with Crippen LogP contribution in [0.2, 0.25) is 0 Å². The fourth-order valence-electron chi connectivity index (χ4n) is 2.51. The Morgan fingerprint density at radius 3 is 2.36 bits per heavy atom. The van der Waals surface area contributed by atoms with Gasteiger partial charge in [-0.25, -0.2) is 4.79 Å². The lowest BCUT2D eigenvalue weighted by Gasteiger charge is -2.26. The SMILES string of the molecule is CCCC(=O)OC(C)OC(=O)NCC1CCC(C(=O)O)CC1. The number of rotatable bonds is 7. The summed E-state index contributed by atoms with van der Waals surface area (Å²) in [5, 5.41) is 11.6. The van der Waals surface area contributed by atoms with Gasteiger partial charge in [0.2, 0.25) is 6.29 Å². The molecule has 126 valence electrons. The van der Waals surface area contributed by atoms with Crippen molar-refractivity contribution in [2.75, 3.05) is 6.54 Å². The van der Waals surface area contributed by atoms with Crippen molar-refractivity contribution in [2.24, 2.45) is 11.8 Å². The Balaban J connectivity index is 2.18. The van der Waals surface area contributed by atoms with E-state index in [0.29, 0.717) is 32.2 Å². The molecule has 1 unspecified atom stereocenters. The number of hydrogen-bond donors (Lipinski definition) is 2. The quantitative estimate of drug-likeness (QED) is 0.552. The second-order valence-electron chi connectivity index (χ2n) is 5.65. The fraction of sp³-hybridized carbons (Fsp3) is 0.800. The van der Waals surface area contributed by atoms with Crippen molar-refractivity contribution in [2.45, 2.75) is 58.7 Å². The minimum atomic E-state index is -0.915. The van der Waals surface area contributed by atoms with Crippen LogP contribution in [0.5, 0.6) is 0 Å². The van der Waals surface area contributed by atoms with Gasteiger partial charge in [0.1, 0.15) is 0 Å². The smallest absolute Gasteiger partial charge is 0.410 e. The first-order valence-electron chi connectivity index (χ1n) is 7.79. The number of ether oxygens (including phenoxy) is 2. The number of amides is 1. The number of nitrogens with one attached hydrogen (secondary N) is 1. The fourth-order valence-corrected chi connectivity index (χ4v) is 2.51. The van der Waals surface area contributed by atoms with E-state index in [2.05, 4.69) is 5.32 Å². The highest BCUT2D eigenvalue weighted by Crippen LogP contribution is 2.28. The van der Waals surface area contributed by atoms with Gasteiger partial charge in [0.25, 0.3) is 0 Å². The third-order valence-corrected chi connectivity index (χ3v) is 3.76. The van der Waals surface area contributed by atoms with Crippen LogP contribution in [0.3, 0.4) is 0 Å².